The third-order valence-corrected chi connectivity index (χ3v) is 2.50. The monoisotopic (exact) mass is 243 g/mol. The molecule has 0 aliphatic carbocycles. The highest BCUT2D eigenvalue weighted by molar-refractivity contribution is 5.94. The average molecular weight is 243 g/mol. The van der Waals surface area contributed by atoms with Crippen molar-refractivity contribution >= 4 is 5.91 Å². The molecule has 1 aromatic carbocycles. The number of hydrogen-bond donors (Lipinski definition) is 1. The van der Waals surface area contributed by atoms with Crippen molar-refractivity contribution in [1.29, 1.82) is 0 Å². The summed E-state index contributed by atoms with van der Waals surface area (Å²) in [5.41, 5.74) is 2.63. The van der Waals surface area contributed by atoms with Crippen molar-refractivity contribution < 1.29 is 4.79 Å². The van der Waals surface area contributed by atoms with E-state index in [-0.39, 0.29) is 11.9 Å². The second kappa shape index (κ2) is 5.04. The van der Waals surface area contributed by atoms with Crippen molar-refractivity contribution in [2.24, 2.45) is 0 Å². The number of benzene rings is 1. The molecule has 4 heteroatoms. The van der Waals surface area contributed by atoms with Crippen molar-refractivity contribution in [1.82, 2.24) is 15.1 Å². The van der Waals surface area contributed by atoms with E-state index < -0.39 is 0 Å². The molecule has 2 aromatic rings. The molecule has 1 amide bonds. The van der Waals surface area contributed by atoms with E-state index in [9.17, 15) is 4.79 Å². The van der Waals surface area contributed by atoms with Crippen LogP contribution in [0.5, 0.6) is 0 Å². The topological polar surface area (TPSA) is 46.9 Å². The van der Waals surface area contributed by atoms with Gasteiger partial charge in [0.1, 0.15) is 0 Å². The summed E-state index contributed by atoms with van der Waals surface area (Å²) in [4.78, 5) is 11.9. The smallest absolute Gasteiger partial charge is 0.251 e. The lowest BCUT2D eigenvalue weighted by Gasteiger charge is -2.09. The van der Waals surface area contributed by atoms with Gasteiger partial charge in [-0.25, -0.2) is 4.68 Å². The lowest BCUT2D eigenvalue weighted by molar-refractivity contribution is 0.0943. The molecular formula is C14H17N3O. The van der Waals surface area contributed by atoms with Gasteiger partial charge in [0.15, 0.2) is 0 Å². The second-order valence-corrected chi connectivity index (χ2v) is 4.64. The average Bonchev–Trinajstić information content (AvgIpc) is 2.75. The lowest BCUT2D eigenvalue weighted by Crippen LogP contribution is -2.30. The van der Waals surface area contributed by atoms with Crippen molar-refractivity contribution in [2.45, 2.75) is 26.8 Å². The van der Waals surface area contributed by atoms with Crippen LogP contribution in [0.1, 0.15) is 29.8 Å². The molecule has 0 aliphatic rings. The number of carbonyl (C=O) groups excluding carboxylic acids is 1. The van der Waals surface area contributed by atoms with Crippen LogP contribution in [0.4, 0.5) is 0 Å². The molecule has 1 aromatic heterocycles. The van der Waals surface area contributed by atoms with Crippen LogP contribution in [-0.2, 0) is 0 Å². The van der Waals surface area contributed by atoms with Crippen LogP contribution in [0.3, 0.4) is 0 Å². The summed E-state index contributed by atoms with van der Waals surface area (Å²) in [5.74, 6) is -0.0595. The first-order chi connectivity index (χ1) is 8.56. The quantitative estimate of drug-likeness (QED) is 0.899. The molecule has 4 nitrogen and oxygen atoms in total. The van der Waals surface area contributed by atoms with Gasteiger partial charge in [0, 0.05) is 17.8 Å². The molecule has 18 heavy (non-hydrogen) atoms. The largest absolute Gasteiger partial charge is 0.350 e. The molecule has 1 heterocycles. The summed E-state index contributed by atoms with van der Waals surface area (Å²) >= 11 is 0. The predicted molar refractivity (Wildman–Crippen MR) is 70.9 cm³/mol. The molecule has 0 bridgehead atoms. The van der Waals surface area contributed by atoms with E-state index in [0.29, 0.717) is 5.56 Å². The first-order valence-corrected chi connectivity index (χ1v) is 5.99. The Labute approximate surface area is 107 Å². The van der Waals surface area contributed by atoms with Crippen molar-refractivity contribution in [3.63, 3.8) is 0 Å². The van der Waals surface area contributed by atoms with Crippen LogP contribution in [0, 0.1) is 6.92 Å². The highest BCUT2D eigenvalue weighted by atomic mass is 16.1. The summed E-state index contributed by atoms with van der Waals surface area (Å²) in [5, 5.41) is 7.11. The van der Waals surface area contributed by atoms with Crippen LogP contribution in [0.15, 0.2) is 36.7 Å². The number of amides is 1. The van der Waals surface area contributed by atoms with Gasteiger partial charge >= 0.3 is 0 Å². The minimum atomic E-state index is -0.0595. The highest BCUT2D eigenvalue weighted by Crippen LogP contribution is 2.11. The fourth-order valence-corrected chi connectivity index (χ4v) is 1.69. The van der Waals surface area contributed by atoms with E-state index in [4.69, 9.17) is 0 Å². The first kappa shape index (κ1) is 12.4. The van der Waals surface area contributed by atoms with Crippen LogP contribution in [0.25, 0.3) is 5.69 Å². The maximum Gasteiger partial charge on any atom is 0.251 e. The lowest BCUT2D eigenvalue weighted by atomic mass is 10.2. The van der Waals surface area contributed by atoms with Gasteiger partial charge in [-0.3, -0.25) is 4.79 Å². The normalized spacial score (nSPS) is 10.7. The molecule has 0 aliphatic heterocycles. The van der Waals surface area contributed by atoms with E-state index >= 15 is 0 Å². The van der Waals surface area contributed by atoms with Gasteiger partial charge in [0.2, 0.25) is 0 Å². The Kier molecular flexibility index (Phi) is 3.46. The third kappa shape index (κ3) is 2.77. The molecule has 0 atom stereocenters. The maximum atomic E-state index is 11.9. The van der Waals surface area contributed by atoms with Gasteiger partial charge in [-0.15, -0.1) is 0 Å². The number of aryl methyl sites for hydroxylation is 1. The Morgan fingerprint density at radius 3 is 2.78 bits per heavy atom. The molecule has 1 N–H and O–H groups in total. The zero-order valence-electron chi connectivity index (χ0n) is 10.8. The SMILES string of the molecule is Cc1cnn(-c2cccc(C(=O)NC(C)C)c2)c1. The van der Waals surface area contributed by atoms with E-state index in [1.165, 1.54) is 0 Å². The van der Waals surface area contributed by atoms with Crippen LogP contribution in [-0.4, -0.2) is 21.7 Å². The van der Waals surface area contributed by atoms with E-state index in [1.54, 1.807) is 16.9 Å². The highest BCUT2D eigenvalue weighted by Gasteiger charge is 2.08. The number of aromatic nitrogens is 2. The number of nitrogens with zero attached hydrogens (tertiary/aromatic N) is 2. The van der Waals surface area contributed by atoms with Crippen LogP contribution >= 0.6 is 0 Å². The number of rotatable bonds is 3. The van der Waals surface area contributed by atoms with E-state index in [1.807, 2.05) is 45.2 Å². The van der Waals surface area contributed by atoms with Crippen molar-refractivity contribution in [3.05, 3.63) is 47.8 Å². The Bertz CT molecular complexity index is 558. The molecule has 2 rings (SSSR count). The molecule has 0 spiro atoms. The molecule has 0 saturated heterocycles. The fraction of sp³-hybridized carbons (Fsp3) is 0.286. The zero-order chi connectivity index (χ0) is 13.1. The van der Waals surface area contributed by atoms with Crippen LogP contribution < -0.4 is 5.32 Å². The summed E-state index contributed by atoms with van der Waals surface area (Å²) in [6, 6.07) is 7.56. The number of hydrogen-bond acceptors (Lipinski definition) is 2. The minimum absolute atomic E-state index is 0.0595. The summed E-state index contributed by atoms with van der Waals surface area (Å²) in [6.45, 7) is 5.87. The molecule has 94 valence electrons. The standard InChI is InChI=1S/C14H17N3O/c1-10(2)16-14(18)12-5-4-6-13(7-12)17-9-11(3)8-15-17/h4-10H,1-3H3,(H,16,18). The Morgan fingerprint density at radius 1 is 1.39 bits per heavy atom. The fourth-order valence-electron chi connectivity index (χ4n) is 1.69. The van der Waals surface area contributed by atoms with Gasteiger partial charge in [-0.2, -0.15) is 5.10 Å². The predicted octanol–water partition coefficient (Wildman–Crippen LogP) is 2.32. The third-order valence-electron chi connectivity index (χ3n) is 2.50. The van der Waals surface area contributed by atoms with Gasteiger partial charge in [0.05, 0.1) is 11.9 Å². The zero-order valence-corrected chi connectivity index (χ0v) is 10.8. The van der Waals surface area contributed by atoms with Gasteiger partial charge in [-0.1, -0.05) is 6.07 Å². The number of carbonyl (C=O) groups is 1. The van der Waals surface area contributed by atoms with Gasteiger partial charge in [-0.05, 0) is 44.5 Å². The number of nitrogens with one attached hydrogen (secondary N) is 1. The molecule has 0 saturated carbocycles. The Balaban J connectivity index is 2.28. The van der Waals surface area contributed by atoms with Crippen molar-refractivity contribution in [2.75, 3.05) is 0 Å². The van der Waals surface area contributed by atoms with Gasteiger partial charge in [0.25, 0.3) is 5.91 Å². The summed E-state index contributed by atoms with van der Waals surface area (Å²) in [7, 11) is 0. The van der Waals surface area contributed by atoms with Crippen LogP contribution in [0.2, 0.25) is 0 Å². The summed E-state index contributed by atoms with van der Waals surface area (Å²) in [6.07, 6.45) is 3.72. The first-order valence-electron chi connectivity index (χ1n) is 5.99. The molecular weight excluding hydrogens is 226 g/mol. The molecule has 0 radical (unpaired) electrons. The summed E-state index contributed by atoms with van der Waals surface area (Å²) < 4.78 is 1.77. The Morgan fingerprint density at radius 2 is 2.17 bits per heavy atom. The van der Waals surface area contributed by atoms with Gasteiger partial charge < -0.3 is 5.32 Å². The van der Waals surface area contributed by atoms with E-state index in [0.717, 1.165) is 11.3 Å². The van der Waals surface area contributed by atoms with Crippen molar-refractivity contribution in [3.8, 4) is 5.69 Å². The van der Waals surface area contributed by atoms with E-state index in [2.05, 4.69) is 10.4 Å². The Hall–Kier alpha value is -2.10. The maximum absolute atomic E-state index is 11.9. The second-order valence-electron chi connectivity index (χ2n) is 4.64. The molecule has 0 fully saturated rings. The molecule has 0 unspecified atom stereocenters. The minimum Gasteiger partial charge on any atom is -0.350 e.